The van der Waals surface area contributed by atoms with Crippen LogP contribution in [0.25, 0.3) is 17.2 Å². The summed E-state index contributed by atoms with van der Waals surface area (Å²) < 4.78 is 7.86. The molecule has 148 valence electrons. The van der Waals surface area contributed by atoms with Gasteiger partial charge in [0, 0.05) is 24.7 Å². The Bertz CT molecular complexity index is 966. The van der Waals surface area contributed by atoms with Crippen molar-refractivity contribution in [2.75, 3.05) is 26.2 Å². The van der Waals surface area contributed by atoms with Crippen molar-refractivity contribution in [3.05, 3.63) is 40.7 Å². The van der Waals surface area contributed by atoms with Crippen LogP contribution in [-0.4, -0.2) is 56.6 Å². The van der Waals surface area contributed by atoms with Crippen LogP contribution >= 0.6 is 11.6 Å². The van der Waals surface area contributed by atoms with Gasteiger partial charge in [-0.1, -0.05) is 23.7 Å². The first-order valence-electron chi connectivity index (χ1n) is 10.3. The molecule has 0 N–H and O–H groups in total. The molecule has 0 aliphatic carbocycles. The van der Waals surface area contributed by atoms with Crippen molar-refractivity contribution in [2.24, 2.45) is 0 Å². The lowest BCUT2D eigenvalue weighted by atomic mass is 10.0. The van der Waals surface area contributed by atoms with E-state index in [1.165, 1.54) is 38.8 Å². The number of fused-ring (bicyclic) bond motifs is 1. The van der Waals surface area contributed by atoms with Gasteiger partial charge in [0.15, 0.2) is 5.82 Å². The van der Waals surface area contributed by atoms with Gasteiger partial charge >= 0.3 is 5.84 Å². The molecule has 0 spiro atoms. The normalized spacial score (nSPS) is 19.8. The summed E-state index contributed by atoms with van der Waals surface area (Å²) in [7, 11) is 0. The summed E-state index contributed by atoms with van der Waals surface area (Å²) in [4.78, 5) is 9.74. The Morgan fingerprint density at radius 1 is 1.11 bits per heavy atom. The van der Waals surface area contributed by atoms with Crippen LogP contribution in [0.5, 0.6) is 0 Å². The third-order valence-corrected chi connectivity index (χ3v) is 6.54. The molecule has 28 heavy (non-hydrogen) atoms. The Labute approximate surface area is 170 Å². The molecule has 0 unspecified atom stereocenters. The molecule has 6 nitrogen and oxygen atoms in total. The SMILES string of the molecule is Cc1c(CN2CCC(N3CCCC3)CC2)oc2nc(-c3ccccc3Cl)nn12. The van der Waals surface area contributed by atoms with Crippen LogP contribution in [0.1, 0.15) is 37.1 Å². The quantitative estimate of drug-likeness (QED) is 0.663. The van der Waals surface area contributed by atoms with E-state index in [4.69, 9.17) is 16.0 Å². The van der Waals surface area contributed by atoms with E-state index in [9.17, 15) is 0 Å². The van der Waals surface area contributed by atoms with Crippen LogP contribution in [0.15, 0.2) is 28.7 Å². The molecule has 2 aliphatic rings. The van der Waals surface area contributed by atoms with Gasteiger partial charge in [0.25, 0.3) is 0 Å². The summed E-state index contributed by atoms with van der Waals surface area (Å²) in [6, 6.07) is 8.39. The Balaban J connectivity index is 1.29. The zero-order valence-electron chi connectivity index (χ0n) is 16.3. The number of aromatic nitrogens is 3. The van der Waals surface area contributed by atoms with E-state index >= 15 is 0 Å². The molecule has 0 amide bonds. The van der Waals surface area contributed by atoms with Crippen molar-refractivity contribution in [1.29, 1.82) is 0 Å². The van der Waals surface area contributed by atoms with Crippen LogP contribution < -0.4 is 0 Å². The van der Waals surface area contributed by atoms with Crippen molar-refractivity contribution in [2.45, 2.75) is 45.2 Å². The van der Waals surface area contributed by atoms with E-state index < -0.39 is 0 Å². The van der Waals surface area contributed by atoms with E-state index in [1.807, 2.05) is 31.2 Å². The first-order valence-corrected chi connectivity index (χ1v) is 10.6. The fourth-order valence-corrected chi connectivity index (χ4v) is 4.76. The summed E-state index contributed by atoms with van der Waals surface area (Å²) in [5.41, 5.74) is 1.84. The minimum atomic E-state index is 0.536. The minimum Gasteiger partial charge on any atom is -0.425 e. The number of oxazole rings is 1. The molecule has 7 heteroatoms. The highest BCUT2D eigenvalue weighted by Gasteiger charge is 2.27. The van der Waals surface area contributed by atoms with Crippen LogP contribution in [0.4, 0.5) is 0 Å². The largest absolute Gasteiger partial charge is 0.425 e. The van der Waals surface area contributed by atoms with Crippen molar-refractivity contribution < 1.29 is 4.42 Å². The molecule has 5 rings (SSSR count). The maximum atomic E-state index is 6.28. The van der Waals surface area contributed by atoms with Gasteiger partial charge in [-0.05, 0) is 57.8 Å². The lowest BCUT2D eigenvalue weighted by molar-refractivity contribution is 0.118. The van der Waals surface area contributed by atoms with Crippen LogP contribution in [-0.2, 0) is 6.54 Å². The second kappa shape index (κ2) is 7.50. The molecule has 2 saturated heterocycles. The number of nitrogens with zero attached hydrogens (tertiary/aromatic N) is 5. The Hall–Kier alpha value is -1.89. The van der Waals surface area contributed by atoms with Crippen molar-refractivity contribution in [3.63, 3.8) is 0 Å². The second-order valence-corrected chi connectivity index (χ2v) is 8.38. The van der Waals surface area contributed by atoms with E-state index in [2.05, 4.69) is 19.9 Å². The monoisotopic (exact) mass is 399 g/mol. The lowest BCUT2D eigenvalue weighted by Crippen LogP contribution is -2.43. The molecular weight excluding hydrogens is 374 g/mol. The molecule has 0 atom stereocenters. The highest BCUT2D eigenvalue weighted by atomic mass is 35.5. The Morgan fingerprint density at radius 3 is 2.57 bits per heavy atom. The van der Waals surface area contributed by atoms with Gasteiger partial charge in [-0.15, -0.1) is 5.10 Å². The summed E-state index contributed by atoms with van der Waals surface area (Å²) in [5.74, 6) is 2.10. The van der Waals surface area contributed by atoms with Gasteiger partial charge in [-0.25, -0.2) is 0 Å². The van der Waals surface area contributed by atoms with Crippen molar-refractivity contribution in [3.8, 4) is 11.4 Å². The van der Waals surface area contributed by atoms with Gasteiger partial charge in [0.05, 0.1) is 17.3 Å². The molecule has 4 heterocycles. The van der Waals surface area contributed by atoms with Crippen molar-refractivity contribution in [1.82, 2.24) is 24.4 Å². The van der Waals surface area contributed by atoms with Crippen molar-refractivity contribution >= 4 is 17.4 Å². The number of aryl methyl sites for hydroxylation is 1. The number of benzene rings is 1. The maximum absolute atomic E-state index is 6.28. The standard InChI is InChI=1S/C21H26ClN5O/c1-15-19(14-25-12-8-16(9-13-25)26-10-4-5-11-26)28-21-23-20(24-27(15)21)17-6-2-3-7-18(17)22/h2-3,6-7,16H,4-5,8-14H2,1H3. The minimum absolute atomic E-state index is 0.536. The zero-order valence-corrected chi connectivity index (χ0v) is 17.0. The van der Waals surface area contributed by atoms with E-state index in [0.717, 1.165) is 42.7 Å². The number of halogens is 1. The Kier molecular flexibility index (Phi) is 4.87. The van der Waals surface area contributed by atoms with Crippen LogP contribution in [0.3, 0.4) is 0 Å². The summed E-state index contributed by atoms with van der Waals surface area (Å²) in [6.45, 7) is 7.71. The van der Waals surface area contributed by atoms with Gasteiger partial charge < -0.3 is 9.32 Å². The fraction of sp³-hybridized carbons (Fsp3) is 0.524. The van der Waals surface area contributed by atoms with Gasteiger partial charge in [-0.2, -0.15) is 9.50 Å². The molecular formula is C21H26ClN5O. The maximum Gasteiger partial charge on any atom is 0.325 e. The van der Waals surface area contributed by atoms with Gasteiger partial charge in [-0.3, -0.25) is 4.90 Å². The van der Waals surface area contributed by atoms with E-state index in [-0.39, 0.29) is 0 Å². The summed E-state index contributed by atoms with van der Waals surface area (Å²) in [5, 5.41) is 5.27. The van der Waals surface area contributed by atoms with Gasteiger partial charge in [0.1, 0.15) is 5.76 Å². The number of likely N-dealkylation sites (tertiary alicyclic amines) is 2. The average molecular weight is 400 g/mol. The predicted octanol–water partition coefficient (Wildman–Crippen LogP) is 4.01. The number of rotatable bonds is 4. The van der Waals surface area contributed by atoms with Crippen LogP contribution in [0, 0.1) is 6.92 Å². The van der Waals surface area contributed by atoms with E-state index in [0.29, 0.717) is 16.7 Å². The topological polar surface area (TPSA) is 49.8 Å². The fourth-order valence-electron chi connectivity index (χ4n) is 4.54. The molecule has 2 fully saturated rings. The first-order chi connectivity index (χ1) is 13.7. The summed E-state index contributed by atoms with van der Waals surface area (Å²) >= 11 is 6.28. The summed E-state index contributed by atoms with van der Waals surface area (Å²) in [6.07, 6.45) is 5.25. The third kappa shape index (κ3) is 3.34. The smallest absolute Gasteiger partial charge is 0.325 e. The Morgan fingerprint density at radius 2 is 1.86 bits per heavy atom. The molecule has 0 bridgehead atoms. The number of hydrogen-bond acceptors (Lipinski definition) is 5. The van der Waals surface area contributed by atoms with Crippen LogP contribution in [0.2, 0.25) is 5.02 Å². The average Bonchev–Trinajstić information content (AvgIpc) is 3.43. The highest BCUT2D eigenvalue weighted by molar-refractivity contribution is 6.33. The first kappa shape index (κ1) is 18.2. The highest BCUT2D eigenvalue weighted by Crippen LogP contribution is 2.27. The molecule has 2 aliphatic heterocycles. The van der Waals surface area contributed by atoms with Gasteiger partial charge in [0.2, 0.25) is 0 Å². The zero-order chi connectivity index (χ0) is 19.1. The molecule has 1 aromatic carbocycles. The number of hydrogen-bond donors (Lipinski definition) is 0. The molecule has 3 aromatic rings. The second-order valence-electron chi connectivity index (χ2n) is 7.97. The molecule has 0 saturated carbocycles. The number of piperidine rings is 1. The molecule has 0 radical (unpaired) electrons. The van der Waals surface area contributed by atoms with E-state index in [1.54, 1.807) is 4.52 Å². The molecule has 2 aromatic heterocycles. The third-order valence-electron chi connectivity index (χ3n) is 6.21. The predicted molar refractivity (Wildman–Crippen MR) is 110 cm³/mol. The lowest BCUT2D eigenvalue weighted by Gasteiger charge is -2.36.